The minimum absolute atomic E-state index is 0.203. The normalized spacial score (nSPS) is 11.7. The van der Waals surface area contributed by atoms with Crippen LogP contribution in [-0.4, -0.2) is 19.4 Å². The lowest BCUT2D eigenvalue weighted by molar-refractivity contribution is -0.140. The molecule has 0 atom stereocenters. The third kappa shape index (κ3) is 4.70. The number of methoxy groups -OCH3 is 1. The second-order valence-corrected chi connectivity index (χ2v) is 4.60. The molecule has 0 spiro atoms. The van der Waals surface area contributed by atoms with Gasteiger partial charge in [0.25, 0.3) is 0 Å². The number of hydrogen-bond acceptors (Lipinski definition) is 3. The molecule has 0 radical (unpaired) electrons. The van der Waals surface area contributed by atoms with Crippen LogP contribution in [0.1, 0.15) is 31.4 Å². The van der Waals surface area contributed by atoms with E-state index in [1.54, 1.807) is 0 Å². The predicted octanol–water partition coefficient (Wildman–Crippen LogP) is 2.87. The summed E-state index contributed by atoms with van der Waals surface area (Å²) >= 11 is 0. The summed E-state index contributed by atoms with van der Waals surface area (Å²) in [4.78, 5) is 22.0. The van der Waals surface area contributed by atoms with E-state index in [4.69, 9.17) is 0 Å². The Morgan fingerprint density at radius 2 is 1.84 bits per heavy atom. The highest BCUT2D eigenvalue weighted by Crippen LogP contribution is 2.17. The lowest BCUT2D eigenvalue weighted by Gasteiger charge is -2.10. The maximum absolute atomic E-state index is 11.2. The summed E-state index contributed by atoms with van der Waals surface area (Å²) in [7, 11) is 1.40. The Bertz CT molecular complexity index is 487. The number of esters is 1. The molecule has 0 aromatic heterocycles. The van der Waals surface area contributed by atoms with Gasteiger partial charge in [0.1, 0.15) is 6.29 Å². The molecule has 0 bridgehead atoms. The van der Waals surface area contributed by atoms with Crippen LogP contribution in [0.4, 0.5) is 0 Å². The highest BCUT2D eigenvalue weighted by Gasteiger charge is 2.07. The average Bonchev–Trinajstić information content (AvgIpc) is 2.44. The summed E-state index contributed by atoms with van der Waals surface area (Å²) in [6, 6.07) is 7.98. The lowest BCUT2D eigenvalue weighted by atomic mass is 9.96. The van der Waals surface area contributed by atoms with Gasteiger partial charge < -0.3 is 4.74 Å². The van der Waals surface area contributed by atoms with E-state index in [2.05, 4.69) is 4.74 Å². The third-order valence-corrected chi connectivity index (χ3v) is 3.25. The van der Waals surface area contributed by atoms with Crippen LogP contribution >= 0.6 is 0 Å². The summed E-state index contributed by atoms with van der Waals surface area (Å²) < 4.78 is 4.65. The van der Waals surface area contributed by atoms with Crippen LogP contribution in [0.3, 0.4) is 0 Å². The van der Waals surface area contributed by atoms with Crippen LogP contribution in [0, 0.1) is 0 Å². The third-order valence-electron chi connectivity index (χ3n) is 3.25. The molecule has 0 amide bonds. The van der Waals surface area contributed by atoms with Crippen molar-refractivity contribution in [2.75, 3.05) is 7.11 Å². The molecule has 0 saturated carbocycles. The van der Waals surface area contributed by atoms with Gasteiger partial charge in [-0.3, -0.25) is 9.59 Å². The van der Waals surface area contributed by atoms with Gasteiger partial charge in [0, 0.05) is 6.42 Å². The van der Waals surface area contributed by atoms with Crippen LogP contribution in [-0.2, 0) is 27.2 Å². The van der Waals surface area contributed by atoms with Gasteiger partial charge in [0.15, 0.2) is 0 Å². The number of ether oxygens (including phenoxy) is 1. The number of carbonyl (C=O) groups is 2. The SMILES string of the molecule is COC(=O)CCc1ccccc1C/C(C)=C(/C)C=O. The summed E-state index contributed by atoms with van der Waals surface area (Å²) in [5, 5.41) is 0. The monoisotopic (exact) mass is 260 g/mol. The molecule has 3 heteroatoms. The van der Waals surface area contributed by atoms with Crippen molar-refractivity contribution in [3.8, 4) is 0 Å². The average molecular weight is 260 g/mol. The highest BCUT2D eigenvalue weighted by atomic mass is 16.5. The van der Waals surface area contributed by atoms with Crippen LogP contribution in [0.25, 0.3) is 0 Å². The second kappa shape index (κ2) is 7.52. The van der Waals surface area contributed by atoms with Crippen molar-refractivity contribution < 1.29 is 14.3 Å². The molecule has 0 aliphatic heterocycles. The fourth-order valence-electron chi connectivity index (χ4n) is 1.84. The van der Waals surface area contributed by atoms with Crippen LogP contribution < -0.4 is 0 Å². The fraction of sp³-hybridized carbons (Fsp3) is 0.375. The number of allylic oxidation sites excluding steroid dienone is 2. The quantitative estimate of drug-likeness (QED) is 0.449. The molecule has 1 rings (SSSR count). The van der Waals surface area contributed by atoms with E-state index in [9.17, 15) is 9.59 Å². The van der Waals surface area contributed by atoms with Crippen molar-refractivity contribution in [3.63, 3.8) is 0 Å². The van der Waals surface area contributed by atoms with Gasteiger partial charge in [0.05, 0.1) is 7.11 Å². The zero-order valence-electron chi connectivity index (χ0n) is 11.7. The molecule has 0 saturated heterocycles. The summed E-state index contributed by atoms with van der Waals surface area (Å²) in [5.41, 5.74) is 4.11. The van der Waals surface area contributed by atoms with E-state index in [0.717, 1.165) is 35.0 Å². The Morgan fingerprint density at radius 1 is 1.21 bits per heavy atom. The molecule has 3 nitrogen and oxygen atoms in total. The van der Waals surface area contributed by atoms with Gasteiger partial charge in [-0.15, -0.1) is 0 Å². The molecule has 0 aliphatic carbocycles. The van der Waals surface area contributed by atoms with E-state index in [1.165, 1.54) is 7.11 Å². The van der Waals surface area contributed by atoms with E-state index in [0.29, 0.717) is 12.8 Å². The molecule has 0 heterocycles. The van der Waals surface area contributed by atoms with Crippen LogP contribution in [0.2, 0.25) is 0 Å². The molecule has 1 aromatic rings. The first kappa shape index (κ1) is 15.2. The molecule has 19 heavy (non-hydrogen) atoms. The maximum atomic E-state index is 11.2. The van der Waals surface area contributed by atoms with E-state index >= 15 is 0 Å². The minimum Gasteiger partial charge on any atom is -0.469 e. The van der Waals surface area contributed by atoms with Gasteiger partial charge in [-0.25, -0.2) is 0 Å². The van der Waals surface area contributed by atoms with Gasteiger partial charge in [-0.2, -0.15) is 0 Å². The summed E-state index contributed by atoms with van der Waals surface area (Å²) in [6.07, 6.45) is 2.66. The summed E-state index contributed by atoms with van der Waals surface area (Å²) in [6.45, 7) is 3.78. The Labute approximate surface area is 114 Å². The van der Waals surface area contributed by atoms with Crippen molar-refractivity contribution in [1.82, 2.24) is 0 Å². The Balaban J connectivity index is 2.84. The predicted molar refractivity (Wildman–Crippen MR) is 74.9 cm³/mol. The van der Waals surface area contributed by atoms with E-state index in [1.807, 2.05) is 38.1 Å². The van der Waals surface area contributed by atoms with Crippen molar-refractivity contribution in [2.45, 2.75) is 33.1 Å². The number of carbonyl (C=O) groups excluding carboxylic acids is 2. The first-order valence-corrected chi connectivity index (χ1v) is 6.33. The molecule has 0 unspecified atom stereocenters. The van der Waals surface area contributed by atoms with Crippen molar-refractivity contribution in [3.05, 3.63) is 46.5 Å². The Morgan fingerprint density at radius 3 is 2.42 bits per heavy atom. The fourth-order valence-corrected chi connectivity index (χ4v) is 1.84. The molecule has 0 N–H and O–H groups in total. The molecule has 102 valence electrons. The molecule has 1 aromatic carbocycles. The Hall–Kier alpha value is -1.90. The first-order valence-electron chi connectivity index (χ1n) is 6.33. The number of aryl methyl sites for hydroxylation is 1. The molecule has 0 fully saturated rings. The van der Waals surface area contributed by atoms with Crippen molar-refractivity contribution in [1.29, 1.82) is 0 Å². The molecule has 0 aliphatic rings. The van der Waals surface area contributed by atoms with Gasteiger partial charge in [-0.1, -0.05) is 29.8 Å². The maximum Gasteiger partial charge on any atom is 0.305 e. The smallest absolute Gasteiger partial charge is 0.305 e. The zero-order chi connectivity index (χ0) is 14.3. The topological polar surface area (TPSA) is 43.4 Å². The van der Waals surface area contributed by atoms with E-state index < -0.39 is 0 Å². The number of benzene rings is 1. The second-order valence-electron chi connectivity index (χ2n) is 4.60. The minimum atomic E-state index is -0.203. The number of rotatable bonds is 6. The van der Waals surface area contributed by atoms with Gasteiger partial charge >= 0.3 is 5.97 Å². The van der Waals surface area contributed by atoms with Crippen LogP contribution in [0.15, 0.2) is 35.4 Å². The largest absolute Gasteiger partial charge is 0.469 e. The van der Waals surface area contributed by atoms with Crippen molar-refractivity contribution in [2.24, 2.45) is 0 Å². The zero-order valence-corrected chi connectivity index (χ0v) is 11.7. The van der Waals surface area contributed by atoms with Gasteiger partial charge in [0.2, 0.25) is 0 Å². The first-order chi connectivity index (χ1) is 9.08. The Kier molecular flexibility index (Phi) is 6.00. The highest BCUT2D eigenvalue weighted by molar-refractivity contribution is 5.73. The number of aldehydes is 1. The van der Waals surface area contributed by atoms with E-state index in [-0.39, 0.29) is 5.97 Å². The number of hydrogen-bond donors (Lipinski definition) is 0. The van der Waals surface area contributed by atoms with Crippen molar-refractivity contribution >= 4 is 12.3 Å². The molecular weight excluding hydrogens is 240 g/mol. The standard InChI is InChI=1S/C16H20O3/c1-12(13(2)11-17)10-15-7-5-4-6-14(15)8-9-16(18)19-3/h4-7,11H,8-10H2,1-3H3/b13-12-. The van der Waals surface area contributed by atoms with Crippen LogP contribution in [0.5, 0.6) is 0 Å². The molecular formula is C16H20O3. The lowest BCUT2D eigenvalue weighted by Crippen LogP contribution is -2.04. The van der Waals surface area contributed by atoms with Gasteiger partial charge in [-0.05, 0) is 43.4 Å². The summed E-state index contributed by atoms with van der Waals surface area (Å²) in [5.74, 6) is -0.203.